The lowest BCUT2D eigenvalue weighted by Crippen LogP contribution is -1.86. The fourth-order valence-electron chi connectivity index (χ4n) is 0.798. The Kier molecular flexibility index (Phi) is 5.18. The average Bonchev–Trinajstić information content (AvgIpc) is 1.82. The third-order valence-corrected chi connectivity index (χ3v) is 3.77. The molecule has 1 nitrogen and oxygen atoms in total. The minimum Gasteiger partial charge on any atom is -0.304 e. The normalized spacial score (nSPS) is 10.9. The number of hydrogen-bond donors (Lipinski definition) is 0. The molecule has 0 saturated carbocycles. The minimum atomic E-state index is -0.298. The summed E-state index contributed by atoms with van der Waals surface area (Å²) in [5, 5.41) is 0. The second-order valence-corrected chi connectivity index (χ2v) is 5.30. The van der Waals surface area contributed by atoms with Crippen LogP contribution in [0.5, 0.6) is 0 Å². The SMILES string of the molecule is CC[PH](CC)=NC(C)C. The molecule has 0 radical (unpaired) electrons. The Bertz CT molecular complexity index is 91.1. The Labute approximate surface area is 59.3 Å². The molecule has 0 bridgehead atoms. The van der Waals surface area contributed by atoms with Crippen LogP contribution >= 0.6 is 7.71 Å². The summed E-state index contributed by atoms with van der Waals surface area (Å²) in [6, 6.07) is 0.554. The quantitative estimate of drug-likeness (QED) is 0.544. The highest BCUT2D eigenvalue weighted by atomic mass is 31.1. The fourth-order valence-corrected chi connectivity index (χ4v) is 2.39. The van der Waals surface area contributed by atoms with E-state index in [1.54, 1.807) is 0 Å². The predicted octanol–water partition coefficient (Wildman–Crippen LogP) is 2.83. The van der Waals surface area contributed by atoms with E-state index in [1.165, 1.54) is 12.3 Å². The highest BCUT2D eigenvalue weighted by molar-refractivity contribution is 7.47. The van der Waals surface area contributed by atoms with Crippen LogP contribution in [0.25, 0.3) is 0 Å². The first kappa shape index (κ1) is 9.23. The molecule has 0 spiro atoms. The van der Waals surface area contributed by atoms with Gasteiger partial charge in [0.05, 0.1) is 0 Å². The van der Waals surface area contributed by atoms with Gasteiger partial charge in [0.25, 0.3) is 0 Å². The van der Waals surface area contributed by atoms with Crippen LogP contribution in [0, 0.1) is 0 Å². The summed E-state index contributed by atoms with van der Waals surface area (Å²) in [4.78, 5) is 0. The molecule has 0 saturated heterocycles. The summed E-state index contributed by atoms with van der Waals surface area (Å²) in [5.74, 6) is 0. The third-order valence-electron chi connectivity index (χ3n) is 1.26. The van der Waals surface area contributed by atoms with E-state index in [1.807, 2.05) is 0 Å². The van der Waals surface area contributed by atoms with Gasteiger partial charge < -0.3 is 4.74 Å². The van der Waals surface area contributed by atoms with Crippen LogP contribution in [-0.2, 0) is 0 Å². The summed E-state index contributed by atoms with van der Waals surface area (Å²) in [6.45, 7) is 8.80. The Morgan fingerprint density at radius 2 is 1.67 bits per heavy atom. The van der Waals surface area contributed by atoms with E-state index in [0.717, 1.165) is 0 Å². The van der Waals surface area contributed by atoms with Crippen LogP contribution in [0.4, 0.5) is 0 Å². The molecule has 0 rings (SSSR count). The Morgan fingerprint density at radius 3 is 1.78 bits per heavy atom. The molecule has 0 amide bonds. The molecule has 9 heavy (non-hydrogen) atoms. The zero-order chi connectivity index (χ0) is 7.28. The first-order valence-electron chi connectivity index (χ1n) is 3.76. The molecular weight excluding hydrogens is 129 g/mol. The highest BCUT2D eigenvalue weighted by Crippen LogP contribution is 2.24. The van der Waals surface area contributed by atoms with Crippen molar-refractivity contribution >= 4 is 7.71 Å². The molecule has 0 unspecified atom stereocenters. The van der Waals surface area contributed by atoms with Gasteiger partial charge in [-0.2, -0.15) is 0 Å². The van der Waals surface area contributed by atoms with Crippen LogP contribution < -0.4 is 0 Å². The molecule has 0 aromatic heterocycles. The van der Waals surface area contributed by atoms with Crippen LogP contribution in [0.2, 0.25) is 0 Å². The van der Waals surface area contributed by atoms with Crippen LogP contribution in [-0.4, -0.2) is 18.4 Å². The number of rotatable bonds is 3. The monoisotopic (exact) mass is 147 g/mol. The van der Waals surface area contributed by atoms with Gasteiger partial charge in [0.15, 0.2) is 0 Å². The van der Waals surface area contributed by atoms with Gasteiger partial charge in [-0.05, 0) is 33.9 Å². The first-order valence-corrected chi connectivity index (χ1v) is 5.62. The van der Waals surface area contributed by atoms with Gasteiger partial charge in [-0.15, -0.1) is 0 Å². The minimum absolute atomic E-state index is 0.298. The number of hydrogen-bond acceptors (Lipinski definition) is 1. The van der Waals surface area contributed by atoms with Crippen LogP contribution in [0.15, 0.2) is 4.74 Å². The third kappa shape index (κ3) is 4.72. The molecule has 0 heterocycles. The number of nitrogens with zero attached hydrogens (tertiary/aromatic N) is 1. The van der Waals surface area contributed by atoms with E-state index in [0.29, 0.717) is 6.04 Å². The van der Waals surface area contributed by atoms with Crippen molar-refractivity contribution < 1.29 is 0 Å². The van der Waals surface area contributed by atoms with Crippen LogP contribution in [0.1, 0.15) is 27.7 Å². The van der Waals surface area contributed by atoms with E-state index >= 15 is 0 Å². The van der Waals surface area contributed by atoms with Crippen molar-refractivity contribution in [2.24, 2.45) is 4.74 Å². The Hall–Kier alpha value is 0.230. The molecule has 0 aliphatic heterocycles. The Morgan fingerprint density at radius 1 is 1.22 bits per heavy atom. The highest BCUT2D eigenvalue weighted by Gasteiger charge is 1.90. The van der Waals surface area contributed by atoms with Gasteiger partial charge in [0, 0.05) is 6.04 Å². The summed E-state index contributed by atoms with van der Waals surface area (Å²) >= 11 is 0. The van der Waals surface area contributed by atoms with Crippen molar-refractivity contribution in [2.45, 2.75) is 33.7 Å². The molecule has 0 atom stereocenters. The van der Waals surface area contributed by atoms with Gasteiger partial charge >= 0.3 is 0 Å². The molecular formula is C7H18NP. The second-order valence-electron chi connectivity index (χ2n) is 2.50. The van der Waals surface area contributed by atoms with Crippen LogP contribution in [0.3, 0.4) is 0 Å². The maximum Gasteiger partial charge on any atom is 0.0425 e. The fraction of sp³-hybridized carbons (Fsp3) is 1.00. The summed E-state index contributed by atoms with van der Waals surface area (Å²) < 4.78 is 4.62. The average molecular weight is 147 g/mol. The molecule has 56 valence electrons. The van der Waals surface area contributed by atoms with Gasteiger partial charge in [-0.3, -0.25) is 0 Å². The molecule has 0 aromatic rings. The molecule has 0 aromatic carbocycles. The maximum absolute atomic E-state index is 4.62. The summed E-state index contributed by atoms with van der Waals surface area (Å²) in [7, 11) is -0.298. The van der Waals surface area contributed by atoms with Crippen molar-refractivity contribution in [1.82, 2.24) is 0 Å². The van der Waals surface area contributed by atoms with Gasteiger partial charge in [-0.25, -0.2) is 0 Å². The van der Waals surface area contributed by atoms with E-state index in [9.17, 15) is 0 Å². The van der Waals surface area contributed by atoms with Gasteiger partial charge in [0.2, 0.25) is 0 Å². The standard InChI is InChI=1S/C7H18NP/c1-5-9(6-2)8-7(3)4/h7,9H,5-6H2,1-4H3. The van der Waals surface area contributed by atoms with E-state index < -0.39 is 0 Å². The first-order chi connectivity index (χ1) is 4.20. The second kappa shape index (κ2) is 5.05. The molecule has 0 aliphatic rings. The van der Waals surface area contributed by atoms with Crippen molar-refractivity contribution in [3.8, 4) is 0 Å². The molecule has 0 aliphatic carbocycles. The van der Waals surface area contributed by atoms with E-state index in [4.69, 9.17) is 0 Å². The topological polar surface area (TPSA) is 12.4 Å². The molecule has 0 fully saturated rings. The van der Waals surface area contributed by atoms with Crippen molar-refractivity contribution in [2.75, 3.05) is 12.3 Å². The van der Waals surface area contributed by atoms with E-state index in [-0.39, 0.29) is 7.71 Å². The largest absolute Gasteiger partial charge is 0.304 e. The summed E-state index contributed by atoms with van der Waals surface area (Å²) in [5.41, 5.74) is 0. The predicted molar refractivity (Wildman–Crippen MR) is 47.0 cm³/mol. The molecule has 2 heteroatoms. The van der Waals surface area contributed by atoms with Gasteiger partial charge in [-0.1, -0.05) is 13.8 Å². The van der Waals surface area contributed by atoms with Gasteiger partial charge in [0.1, 0.15) is 0 Å². The lowest BCUT2D eigenvalue weighted by molar-refractivity contribution is 0.846. The van der Waals surface area contributed by atoms with Crippen molar-refractivity contribution in [3.05, 3.63) is 0 Å². The smallest absolute Gasteiger partial charge is 0.0425 e. The lowest BCUT2D eigenvalue weighted by Gasteiger charge is -2.02. The zero-order valence-electron chi connectivity index (χ0n) is 6.94. The molecule has 0 N–H and O–H groups in total. The van der Waals surface area contributed by atoms with E-state index in [2.05, 4.69) is 32.4 Å². The maximum atomic E-state index is 4.62. The van der Waals surface area contributed by atoms with Crippen molar-refractivity contribution in [3.63, 3.8) is 0 Å². The summed E-state index contributed by atoms with van der Waals surface area (Å²) in [6.07, 6.45) is 2.58. The zero-order valence-corrected chi connectivity index (χ0v) is 7.94. The Balaban J connectivity index is 3.75. The van der Waals surface area contributed by atoms with Crippen molar-refractivity contribution in [1.29, 1.82) is 0 Å². The lowest BCUT2D eigenvalue weighted by atomic mass is 10.4.